The maximum Gasteiger partial charge on any atom is 0.164 e. The van der Waals surface area contributed by atoms with Crippen LogP contribution in [0.3, 0.4) is 0 Å². The van der Waals surface area contributed by atoms with E-state index >= 15 is 0 Å². The van der Waals surface area contributed by atoms with Crippen molar-refractivity contribution in [1.29, 1.82) is 0 Å². The molecule has 0 N–H and O–H groups in total. The van der Waals surface area contributed by atoms with Crippen molar-refractivity contribution in [2.24, 2.45) is 0 Å². The van der Waals surface area contributed by atoms with Gasteiger partial charge in [-0.2, -0.15) is 0 Å². The number of ether oxygens (including phenoxy) is 1. The molecule has 3 heterocycles. The molecule has 63 heavy (non-hydrogen) atoms. The molecule has 0 bridgehead atoms. The Bertz CT molecular complexity index is 3490. The van der Waals surface area contributed by atoms with Gasteiger partial charge < -0.3 is 9.30 Å². The van der Waals surface area contributed by atoms with Crippen molar-refractivity contribution in [3.05, 3.63) is 241 Å². The van der Waals surface area contributed by atoms with E-state index in [1.165, 1.54) is 44.1 Å². The highest BCUT2D eigenvalue weighted by molar-refractivity contribution is 6.09. The third-order valence-electron chi connectivity index (χ3n) is 13.0. The predicted octanol–water partition coefficient (Wildman–Crippen LogP) is 14.1. The lowest BCUT2D eigenvalue weighted by atomic mass is 9.66. The molecule has 1 aliphatic carbocycles. The van der Waals surface area contributed by atoms with Crippen LogP contribution in [0.5, 0.6) is 11.5 Å². The third kappa shape index (κ3) is 5.33. The van der Waals surface area contributed by atoms with Gasteiger partial charge in [-0.05, 0) is 81.9 Å². The van der Waals surface area contributed by atoms with E-state index in [-0.39, 0.29) is 0 Å². The van der Waals surface area contributed by atoms with Gasteiger partial charge in [0.05, 0.1) is 16.4 Å². The molecule has 1 spiro atoms. The van der Waals surface area contributed by atoms with Crippen LogP contribution in [0.15, 0.2) is 218 Å². The van der Waals surface area contributed by atoms with Crippen LogP contribution in [0.2, 0.25) is 0 Å². The first-order chi connectivity index (χ1) is 31.2. The van der Waals surface area contributed by atoms with Gasteiger partial charge in [-0.3, -0.25) is 0 Å². The summed E-state index contributed by atoms with van der Waals surface area (Å²) in [6.07, 6.45) is 0. The molecule has 0 amide bonds. The quantitative estimate of drug-likeness (QED) is 0.174. The van der Waals surface area contributed by atoms with Crippen LogP contribution in [0, 0.1) is 0 Å². The number of fused-ring (bicyclic) bond motifs is 12. The van der Waals surface area contributed by atoms with Gasteiger partial charge >= 0.3 is 0 Å². The number of aromatic nitrogens is 4. The molecule has 5 nitrogen and oxygen atoms in total. The van der Waals surface area contributed by atoms with Crippen LogP contribution in [-0.2, 0) is 5.41 Å². The van der Waals surface area contributed by atoms with E-state index in [9.17, 15) is 0 Å². The summed E-state index contributed by atoms with van der Waals surface area (Å²) in [4.78, 5) is 15.5. The lowest BCUT2D eigenvalue weighted by molar-refractivity contribution is 0.436. The molecule has 13 rings (SSSR count). The molecule has 294 valence electrons. The Balaban J connectivity index is 0.913. The van der Waals surface area contributed by atoms with E-state index in [1.807, 2.05) is 36.4 Å². The van der Waals surface area contributed by atoms with Gasteiger partial charge in [0, 0.05) is 44.3 Å². The first-order valence-corrected chi connectivity index (χ1v) is 21.3. The summed E-state index contributed by atoms with van der Waals surface area (Å²) in [5, 5.41) is 2.51. The van der Waals surface area contributed by atoms with Gasteiger partial charge in [0.2, 0.25) is 0 Å². The second kappa shape index (κ2) is 13.8. The monoisotopic (exact) mass is 804 g/mol. The Kier molecular flexibility index (Phi) is 7.75. The van der Waals surface area contributed by atoms with Crippen molar-refractivity contribution in [2.45, 2.75) is 5.41 Å². The van der Waals surface area contributed by atoms with Crippen molar-refractivity contribution in [1.82, 2.24) is 19.5 Å². The van der Waals surface area contributed by atoms with Gasteiger partial charge in [-0.1, -0.05) is 170 Å². The summed E-state index contributed by atoms with van der Waals surface area (Å²) in [6.45, 7) is 0. The summed E-state index contributed by atoms with van der Waals surface area (Å²) in [7, 11) is 0. The smallest absolute Gasteiger partial charge is 0.164 e. The van der Waals surface area contributed by atoms with Gasteiger partial charge in [0.1, 0.15) is 11.5 Å². The normalized spacial score (nSPS) is 13.0. The van der Waals surface area contributed by atoms with Crippen molar-refractivity contribution in [3.63, 3.8) is 0 Å². The molecule has 9 aromatic carbocycles. The molecule has 0 unspecified atom stereocenters. The zero-order valence-corrected chi connectivity index (χ0v) is 34.0. The average Bonchev–Trinajstić information content (AvgIpc) is 3.85. The van der Waals surface area contributed by atoms with Crippen LogP contribution in [0.4, 0.5) is 0 Å². The summed E-state index contributed by atoms with van der Waals surface area (Å²) in [5.41, 5.74) is 15.0. The van der Waals surface area contributed by atoms with Crippen molar-refractivity contribution >= 4 is 21.8 Å². The molecular formula is C58H36N4O. The highest BCUT2D eigenvalue weighted by Gasteiger charge is 2.51. The van der Waals surface area contributed by atoms with Gasteiger partial charge in [0.25, 0.3) is 0 Å². The molecule has 1 aliphatic heterocycles. The lowest BCUT2D eigenvalue weighted by Gasteiger charge is -2.39. The summed E-state index contributed by atoms with van der Waals surface area (Å²) >= 11 is 0. The fourth-order valence-corrected chi connectivity index (χ4v) is 10.2. The maximum absolute atomic E-state index is 6.72. The Morgan fingerprint density at radius 2 is 0.778 bits per heavy atom. The van der Waals surface area contributed by atoms with Crippen molar-refractivity contribution in [2.75, 3.05) is 0 Å². The number of benzene rings is 9. The first-order valence-electron chi connectivity index (χ1n) is 21.3. The zero-order valence-electron chi connectivity index (χ0n) is 34.0. The van der Waals surface area contributed by atoms with Crippen LogP contribution in [-0.4, -0.2) is 19.5 Å². The van der Waals surface area contributed by atoms with E-state index in [4.69, 9.17) is 19.7 Å². The molecular weight excluding hydrogens is 769 g/mol. The Labute approximate surface area is 364 Å². The molecule has 0 saturated heterocycles. The molecule has 11 aromatic rings. The average molecular weight is 805 g/mol. The third-order valence-corrected chi connectivity index (χ3v) is 13.0. The molecule has 5 heteroatoms. The summed E-state index contributed by atoms with van der Waals surface area (Å²) in [6, 6.07) is 77.2. The Hall–Kier alpha value is -8.41. The number of rotatable bonds is 5. The SMILES string of the molecule is c1ccc(-c2nc(-c3ccc(-c4ccc(-n5c6ccccc6c6ccccc65)cc4)cc3)nc(-c3ccc4c(c3)C3(c5ccccc5O4)c4ccccc4-c4ccccc43)n2)cc1. The van der Waals surface area contributed by atoms with Crippen LogP contribution in [0.25, 0.3) is 83.9 Å². The van der Waals surface area contributed by atoms with E-state index in [0.29, 0.717) is 17.5 Å². The number of hydrogen-bond donors (Lipinski definition) is 0. The summed E-state index contributed by atoms with van der Waals surface area (Å²) in [5.74, 6) is 3.50. The van der Waals surface area contributed by atoms with Crippen LogP contribution < -0.4 is 4.74 Å². The lowest BCUT2D eigenvalue weighted by Crippen LogP contribution is -2.32. The fraction of sp³-hybridized carbons (Fsp3) is 0.0172. The molecule has 2 aromatic heterocycles. The fourth-order valence-electron chi connectivity index (χ4n) is 10.2. The van der Waals surface area contributed by atoms with Crippen LogP contribution in [0.1, 0.15) is 22.3 Å². The summed E-state index contributed by atoms with van der Waals surface area (Å²) < 4.78 is 9.07. The van der Waals surface area contributed by atoms with Crippen molar-refractivity contribution in [3.8, 4) is 73.6 Å². The second-order valence-corrected chi connectivity index (χ2v) is 16.3. The highest BCUT2D eigenvalue weighted by Crippen LogP contribution is 2.62. The van der Waals surface area contributed by atoms with Crippen molar-refractivity contribution < 1.29 is 4.74 Å². The van der Waals surface area contributed by atoms with Gasteiger partial charge in [0.15, 0.2) is 17.5 Å². The van der Waals surface area contributed by atoms with E-state index in [0.717, 1.165) is 56.1 Å². The number of hydrogen-bond acceptors (Lipinski definition) is 4. The maximum atomic E-state index is 6.72. The molecule has 0 saturated carbocycles. The Morgan fingerprint density at radius 1 is 0.333 bits per heavy atom. The predicted molar refractivity (Wildman–Crippen MR) is 253 cm³/mol. The minimum atomic E-state index is -0.594. The number of para-hydroxylation sites is 3. The second-order valence-electron chi connectivity index (χ2n) is 16.3. The van der Waals surface area contributed by atoms with Gasteiger partial charge in [-0.25, -0.2) is 15.0 Å². The van der Waals surface area contributed by atoms with Crippen LogP contribution >= 0.6 is 0 Å². The van der Waals surface area contributed by atoms with E-state index in [2.05, 4.69) is 187 Å². The van der Waals surface area contributed by atoms with E-state index in [1.54, 1.807) is 0 Å². The largest absolute Gasteiger partial charge is 0.457 e. The first kappa shape index (κ1) is 35.4. The zero-order chi connectivity index (χ0) is 41.5. The van der Waals surface area contributed by atoms with E-state index < -0.39 is 5.41 Å². The minimum Gasteiger partial charge on any atom is -0.457 e. The molecule has 2 aliphatic rings. The number of nitrogens with zero attached hydrogens (tertiary/aromatic N) is 4. The molecule has 0 radical (unpaired) electrons. The highest BCUT2D eigenvalue weighted by atomic mass is 16.5. The molecule has 0 atom stereocenters. The standard InChI is InChI=1S/C58H36N4O/c1-2-14-39(15-3-1)55-59-56(40-28-26-37(27-29-40)38-30-33-42(34-31-38)62-51-23-11-6-18-45(51)46-19-7-12-24-52(46)62)61-57(60-55)41-32-35-54-50(36-41)58(49-22-10-13-25-53(49)63-54)47-20-8-4-16-43(47)44-17-5-9-21-48(44)58/h1-36H. The Morgan fingerprint density at radius 3 is 1.41 bits per heavy atom. The minimum absolute atomic E-state index is 0.594. The molecule has 0 fully saturated rings. The topological polar surface area (TPSA) is 52.8 Å². The van der Waals surface area contributed by atoms with Gasteiger partial charge in [-0.15, -0.1) is 0 Å².